The largest absolute Gasteiger partial charge is 0.497 e. The van der Waals surface area contributed by atoms with Crippen LogP contribution in [0.5, 0.6) is 11.5 Å². The number of anilines is 1. The molecule has 0 bridgehead atoms. The highest BCUT2D eigenvalue weighted by Crippen LogP contribution is 2.22. The molecule has 0 aliphatic rings. The molecule has 0 aromatic heterocycles. The van der Waals surface area contributed by atoms with Gasteiger partial charge in [0.05, 0.1) is 14.2 Å². The third-order valence-corrected chi connectivity index (χ3v) is 3.64. The molecule has 0 unspecified atom stereocenters. The number of aliphatic imine (C=N–C) groups is 1. The second-order valence-corrected chi connectivity index (χ2v) is 5.24. The number of guanidine groups is 1. The SMILES string of the molecule is COc1ccc(NC(N)=NCCc2ccc(OC)cc2Cl)cc1.I. The number of nitrogens with one attached hydrogen (secondary N) is 1. The molecule has 5 nitrogen and oxygen atoms in total. The number of hydrogen-bond acceptors (Lipinski definition) is 3. The Morgan fingerprint density at radius 2 is 1.71 bits per heavy atom. The van der Waals surface area contributed by atoms with Gasteiger partial charge < -0.3 is 20.5 Å². The average molecular weight is 462 g/mol. The molecule has 2 aromatic carbocycles. The second kappa shape index (κ2) is 10.2. The van der Waals surface area contributed by atoms with Gasteiger partial charge in [0.1, 0.15) is 11.5 Å². The average Bonchev–Trinajstić information content (AvgIpc) is 2.57. The van der Waals surface area contributed by atoms with Crippen LogP contribution >= 0.6 is 35.6 Å². The zero-order valence-corrected chi connectivity index (χ0v) is 16.7. The summed E-state index contributed by atoms with van der Waals surface area (Å²) in [6.07, 6.45) is 0.702. The van der Waals surface area contributed by atoms with Crippen LogP contribution in [-0.4, -0.2) is 26.7 Å². The molecule has 0 aliphatic heterocycles. The van der Waals surface area contributed by atoms with E-state index < -0.39 is 0 Å². The van der Waals surface area contributed by atoms with Gasteiger partial charge in [0.25, 0.3) is 0 Å². The van der Waals surface area contributed by atoms with Crippen molar-refractivity contribution in [2.24, 2.45) is 10.7 Å². The van der Waals surface area contributed by atoms with E-state index in [1.54, 1.807) is 20.3 Å². The third kappa shape index (κ3) is 6.09. The molecule has 0 spiro atoms. The van der Waals surface area contributed by atoms with Gasteiger partial charge in [-0.15, -0.1) is 24.0 Å². The minimum Gasteiger partial charge on any atom is -0.497 e. The molecule has 0 fully saturated rings. The molecular formula is C17H21ClIN3O2. The lowest BCUT2D eigenvalue weighted by molar-refractivity contribution is 0.414. The molecule has 7 heteroatoms. The Kier molecular flexibility index (Phi) is 8.70. The van der Waals surface area contributed by atoms with Gasteiger partial charge in [-0.2, -0.15) is 0 Å². The fourth-order valence-electron chi connectivity index (χ4n) is 2.02. The van der Waals surface area contributed by atoms with Crippen molar-refractivity contribution in [3.63, 3.8) is 0 Å². The van der Waals surface area contributed by atoms with Crippen molar-refractivity contribution in [3.05, 3.63) is 53.1 Å². The van der Waals surface area contributed by atoms with Crippen molar-refractivity contribution in [3.8, 4) is 11.5 Å². The Morgan fingerprint density at radius 3 is 2.29 bits per heavy atom. The number of benzene rings is 2. The molecule has 2 aromatic rings. The fourth-order valence-corrected chi connectivity index (χ4v) is 2.28. The zero-order valence-electron chi connectivity index (χ0n) is 13.6. The smallest absolute Gasteiger partial charge is 0.193 e. The number of methoxy groups -OCH3 is 2. The normalized spacial score (nSPS) is 10.7. The van der Waals surface area contributed by atoms with Gasteiger partial charge in [-0.1, -0.05) is 17.7 Å². The van der Waals surface area contributed by atoms with Crippen molar-refractivity contribution in [1.82, 2.24) is 0 Å². The first-order valence-corrected chi connectivity index (χ1v) is 7.53. The summed E-state index contributed by atoms with van der Waals surface area (Å²) in [5.74, 6) is 1.89. The van der Waals surface area contributed by atoms with Gasteiger partial charge in [-0.25, -0.2) is 0 Å². The first-order chi connectivity index (χ1) is 11.1. The lowest BCUT2D eigenvalue weighted by atomic mass is 10.1. The van der Waals surface area contributed by atoms with E-state index in [9.17, 15) is 0 Å². The van der Waals surface area contributed by atoms with E-state index in [4.69, 9.17) is 26.8 Å². The van der Waals surface area contributed by atoms with Crippen LogP contribution < -0.4 is 20.5 Å². The Hall–Kier alpha value is -1.67. The van der Waals surface area contributed by atoms with Crippen LogP contribution in [0.25, 0.3) is 0 Å². The summed E-state index contributed by atoms with van der Waals surface area (Å²) >= 11 is 6.19. The van der Waals surface area contributed by atoms with Gasteiger partial charge in [-0.05, 0) is 48.4 Å². The number of ether oxygens (including phenoxy) is 2. The second-order valence-electron chi connectivity index (χ2n) is 4.83. The minimum atomic E-state index is 0. The molecule has 130 valence electrons. The Bertz CT molecular complexity index is 678. The number of nitrogens with two attached hydrogens (primary N) is 1. The predicted octanol–water partition coefficient (Wildman–Crippen LogP) is 3.94. The van der Waals surface area contributed by atoms with E-state index in [2.05, 4.69) is 10.3 Å². The number of hydrogen-bond donors (Lipinski definition) is 2. The first-order valence-electron chi connectivity index (χ1n) is 7.16. The maximum atomic E-state index is 6.19. The monoisotopic (exact) mass is 461 g/mol. The summed E-state index contributed by atoms with van der Waals surface area (Å²) in [7, 11) is 3.24. The van der Waals surface area contributed by atoms with Crippen molar-refractivity contribution < 1.29 is 9.47 Å². The molecule has 0 heterocycles. The Balaban J connectivity index is 0.00000288. The van der Waals surface area contributed by atoms with E-state index in [0.717, 1.165) is 22.7 Å². The summed E-state index contributed by atoms with van der Waals surface area (Å²) < 4.78 is 10.2. The Labute approximate surface area is 164 Å². The van der Waals surface area contributed by atoms with Crippen LogP contribution in [0.4, 0.5) is 5.69 Å². The lowest BCUT2D eigenvalue weighted by Gasteiger charge is -2.08. The summed E-state index contributed by atoms with van der Waals surface area (Å²) in [6.45, 7) is 0.543. The van der Waals surface area contributed by atoms with Crippen LogP contribution in [0.15, 0.2) is 47.5 Å². The molecule has 0 amide bonds. The highest BCUT2D eigenvalue weighted by molar-refractivity contribution is 14.0. The summed E-state index contributed by atoms with van der Waals surface area (Å²) in [5.41, 5.74) is 7.74. The van der Waals surface area contributed by atoms with Gasteiger partial charge in [0.15, 0.2) is 5.96 Å². The van der Waals surface area contributed by atoms with Crippen molar-refractivity contribution in [2.45, 2.75) is 6.42 Å². The molecule has 0 saturated heterocycles. The maximum absolute atomic E-state index is 6.19. The van der Waals surface area contributed by atoms with Crippen LogP contribution in [0.3, 0.4) is 0 Å². The number of nitrogens with zero attached hydrogens (tertiary/aromatic N) is 1. The molecule has 3 N–H and O–H groups in total. The lowest BCUT2D eigenvalue weighted by Crippen LogP contribution is -2.23. The summed E-state index contributed by atoms with van der Waals surface area (Å²) in [4.78, 5) is 4.30. The minimum absolute atomic E-state index is 0. The standard InChI is InChI=1S/C17H20ClN3O2.HI/c1-22-14-7-4-13(5-8-14)21-17(19)20-10-9-12-3-6-15(23-2)11-16(12)18;/h3-8,11H,9-10H2,1-2H3,(H3,19,20,21);1H. The molecular weight excluding hydrogens is 441 g/mol. The van der Waals surface area contributed by atoms with Gasteiger partial charge in [0, 0.05) is 17.3 Å². The molecule has 24 heavy (non-hydrogen) atoms. The van der Waals surface area contributed by atoms with Crippen LogP contribution in [0, 0.1) is 0 Å². The van der Waals surface area contributed by atoms with Crippen molar-refractivity contribution >= 4 is 47.2 Å². The van der Waals surface area contributed by atoms with E-state index >= 15 is 0 Å². The van der Waals surface area contributed by atoms with E-state index in [1.807, 2.05) is 36.4 Å². The summed E-state index contributed by atoms with van der Waals surface area (Å²) in [6, 6.07) is 13.1. The highest BCUT2D eigenvalue weighted by Gasteiger charge is 2.02. The maximum Gasteiger partial charge on any atom is 0.193 e. The molecule has 0 radical (unpaired) electrons. The molecule has 2 rings (SSSR count). The van der Waals surface area contributed by atoms with Gasteiger partial charge in [-0.3, -0.25) is 4.99 Å². The number of halogens is 2. The van der Waals surface area contributed by atoms with E-state index in [0.29, 0.717) is 23.9 Å². The highest BCUT2D eigenvalue weighted by atomic mass is 127. The summed E-state index contributed by atoms with van der Waals surface area (Å²) in [5, 5.41) is 3.70. The third-order valence-electron chi connectivity index (χ3n) is 3.29. The molecule has 0 saturated carbocycles. The first kappa shape index (κ1) is 20.4. The van der Waals surface area contributed by atoms with Crippen LogP contribution in [-0.2, 0) is 6.42 Å². The zero-order chi connectivity index (χ0) is 16.7. The number of rotatable bonds is 6. The topological polar surface area (TPSA) is 68.9 Å². The molecule has 0 aliphatic carbocycles. The van der Waals surface area contributed by atoms with Gasteiger partial charge in [0.2, 0.25) is 0 Å². The quantitative estimate of drug-likeness (QED) is 0.388. The van der Waals surface area contributed by atoms with Crippen molar-refractivity contribution in [1.29, 1.82) is 0 Å². The Morgan fingerprint density at radius 1 is 1.08 bits per heavy atom. The van der Waals surface area contributed by atoms with E-state index in [1.165, 1.54) is 0 Å². The predicted molar refractivity (Wildman–Crippen MR) is 110 cm³/mol. The van der Waals surface area contributed by atoms with Crippen LogP contribution in [0.2, 0.25) is 5.02 Å². The fraction of sp³-hybridized carbons (Fsp3) is 0.235. The van der Waals surface area contributed by atoms with Gasteiger partial charge >= 0.3 is 0 Å². The van der Waals surface area contributed by atoms with Crippen molar-refractivity contribution in [2.75, 3.05) is 26.1 Å². The van der Waals surface area contributed by atoms with Crippen LogP contribution in [0.1, 0.15) is 5.56 Å². The molecule has 0 atom stereocenters. The van der Waals surface area contributed by atoms with E-state index in [-0.39, 0.29) is 24.0 Å².